The van der Waals surface area contributed by atoms with Gasteiger partial charge in [0.25, 0.3) is 0 Å². The van der Waals surface area contributed by atoms with E-state index in [1.165, 1.54) is 19.3 Å². The van der Waals surface area contributed by atoms with E-state index < -0.39 is 5.60 Å². The van der Waals surface area contributed by atoms with Gasteiger partial charge < -0.3 is 15.4 Å². The summed E-state index contributed by atoms with van der Waals surface area (Å²) in [5.74, 6) is 0. The molecular weight excluding hydrogens is 240 g/mol. The lowest BCUT2D eigenvalue weighted by Gasteiger charge is -2.46. The van der Waals surface area contributed by atoms with Crippen LogP contribution in [0.1, 0.15) is 65.7 Å². The highest BCUT2D eigenvalue weighted by Gasteiger charge is 2.39. The van der Waals surface area contributed by atoms with Crippen molar-refractivity contribution in [1.29, 1.82) is 0 Å². The van der Waals surface area contributed by atoms with Crippen LogP contribution in [-0.4, -0.2) is 34.7 Å². The molecule has 110 valence electrons. The first-order chi connectivity index (χ1) is 8.88. The smallest absolute Gasteiger partial charge is 0.410 e. The lowest BCUT2D eigenvalue weighted by molar-refractivity contribution is -0.0145. The molecule has 2 fully saturated rings. The second-order valence-corrected chi connectivity index (χ2v) is 6.99. The van der Waals surface area contributed by atoms with Gasteiger partial charge in [-0.3, -0.25) is 0 Å². The van der Waals surface area contributed by atoms with Crippen LogP contribution < -0.4 is 5.73 Å². The van der Waals surface area contributed by atoms with Crippen molar-refractivity contribution in [1.82, 2.24) is 4.90 Å². The summed E-state index contributed by atoms with van der Waals surface area (Å²) in [7, 11) is 0. The Labute approximate surface area is 116 Å². The number of hydrogen-bond acceptors (Lipinski definition) is 3. The number of carbonyl (C=O) groups is 1. The van der Waals surface area contributed by atoms with Crippen molar-refractivity contribution in [3.05, 3.63) is 0 Å². The SMILES string of the molecule is CC(C)(C)OC(=O)N(C1CCC1)C1CCCCC1N. The van der Waals surface area contributed by atoms with E-state index in [0.29, 0.717) is 6.04 Å². The standard InChI is InChI=1S/C15H28N2O2/c1-15(2,3)19-14(18)17(11-7-6-8-11)13-10-5-4-9-12(13)16/h11-13H,4-10,16H2,1-3H3. The van der Waals surface area contributed by atoms with Gasteiger partial charge in [-0.15, -0.1) is 0 Å². The summed E-state index contributed by atoms with van der Waals surface area (Å²) < 4.78 is 5.59. The molecule has 0 heterocycles. The van der Waals surface area contributed by atoms with Crippen LogP contribution in [0.5, 0.6) is 0 Å². The first kappa shape index (κ1) is 14.6. The fourth-order valence-electron chi connectivity index (χ4n) is 3.02. The molecule has 0 aromatic heterocycles. The van der Waals surface area contributed by atoms with E-state index >= 15 is 0 Å². The summed E-state index contributed by atoms with van der Waals surface area (Å²) in [6.45, 7) is 5.76. The molecule has 19 heavy (non-hydrogen) atoms. The Balaban J connectivity index is 2.08. The zero-order valence-corrected chi connectivity index (χ0v) is 12.5. The Kier molecular flexibility index (Phi) is 4.39. The van der Waals surface area contributed by atoms with Crippen LogP contribution in [0.25, 0.3) is 0 Å². The number of carbonyl (C=O) groups excluding carboxylic acids is 1. The molecule has 2 saturated carbocycles. The molecule has 0 aromatic carbocycles. The zero-order chi connectivity index (χ0) is 14.0. The van der Waals surface area contributed by atoms with Crippen molar-refractivity contribution < 1.29 is 9.53 Å². The van der Waals surface area contributed by atoms with Gasteiger partial charge in [-0.1, -0.05) is 12.8 Å². The van der Waals surface area contributed by atoms with Gasteiger partial charge >= 0.3 is 6.09 Å². The van der Waals surface area contributed by atoms with Gasteiger partial charge in [0.05, 0.1) is 6.04 Å². The van der Waals surface area contributed by atoms with Gasteiger partial charge in [0.15, 0.2) is 0 Å². The molecule has 4 heteroatoms. The van der Waals surface area contributed by atoms with Gasteiger partial charge in [0, 0.05) is 12.1 Å². The van der Waals surface area contributed by atoms with Crippen LogP contribution in [-0.2, 0) is 4.74 Å². The number of rotatable bonds is 2. The molecule has 1 amide bonds. The van der Waals surface area contributed by atoms with E-state index in [-0.39, 0.29) is 18.2 Å². The van der Waals surface area contributed by atoms with Crippen LogP contribution in [0.3, 0.4) is 0 Å². The average Bonchev–Trinajstić information content (AvgIpc) is 2.21. The fourth-order valence-corrected chi connectivity index (χ4v) is 3.02. The van der Waals surface area contributed by atoms with E-state index in [1.54, 1.807) is 0 Å². The number of amides is 1. The highest BCUT2D eigenvalue weighted by Crippen LogP contribution is 2.32. The molecule has 2 atom stereocenters. The Morgan fingerprint density at radius 2 is 1.74 bits per heavy atom. The second kappa shape index (κ2) is 5.70. The van der Waals surface area contributed by atoms with Crippen molar-refractivity contribution >= 4 is 6.09 Å². The second-order valence-electron chi connectivity index (χ2n) is 6.99. The minimum absolute atomic E-state index is 0.113. The predicted molar refractivity (Wildman–Crippen MR) is 75.9 cm³/mol. The Morgan fingerprint density at radius 1 is 1.11 bits per heavy atom. The van der Waals surface area contributed by atoms with E-state index in [4.69, 9.17) is 10.5 Å². The summed E-state index contributed by atoms with van der Waals surface area (Å²) >= 11 is 0. The minimum atomic E-state index is -0.433. The quantitative estimate of drug-likeness (QED) is 0.837. The molecule has 2 aliphatic rings. The van der Waals surface area contributed by atoms with Crippen molar-refractivity contribution in [2.75, 3.05) is 0 Å². The van der Waals surface area contributed by atoms with E-state index in [0.717, 1.165) is 25.7 Å². The third-order valence-electron chi connectivity index (χ3n) is 4.21. The lowest BCUT2D eigenvalue weighted by Crippen LogP contribution is -2.58. The molecule has 0 bridgehead atoms. The summed E-state index contributed by atoms with van der Waals surface area (Å²) in [5, 5.41) is 0. The predicted octanol–water partition coefficient (Wildman–Crippen LogP) is 3.05. The number of ether oxygens (including phenoxy) is 1. The monoisotopic (exact) mass is 268 g/mol. The first-order valence-corrected chi connectivity index (χ1v) is 7.65. The molecule has 2 rings (SSSR count). The van der Waals surface area contributed by atoms with Crippen LogP contribution in [0.15, 0.2) is 0 Å². The number of hydrogen-bond donors (Lipinski definition) is 1. The summed E-state index contributed by atoms with van der Waals surface area (Å²) in [5.41, 5.74) is 5.82. The normalized spacial score (nSPS) is 28.6. The third kappa shape index (κ3) is 3.62. The van der Waals surface area contributed by atoms with E-state index in [1.807, 2.05) is 25.7 Å². The van der Waals surface area contributed by atoms with Gasteiger partial charge in [-0.2, -0.15) is 0 Å². The molecule has 0 spiro atoms. The van der Waals surface area contributed by atoms with Crippen LogP contribution in [0, 0.1) is 0 Å². The van der Waals surface area contributed by atoms with Gasteiger partial charge in [-0.25, -0.2) is 4.79 Å². The fraction of sp³-hybridized carbons (Fsp3) is 0.933. The summed E-state index contributed by atoms with van der Waals surface area (Å²) in [4.78, 5) is 14.5. The maximum absolute atomic E-state index is 12.5. The Morgan fingerprint density at radius 3 is 2.21 bits per heavy atom. The molecule has 0 aromatic rings. The van der Waals surface area contributed by atoms with Gasteiger partial charge in [0.2, 0.25) is 0 Å². The van der Waals surface area contributed by atoms with Crippen molar-refractivity contribution in [3.8, 4) is 0 Å². The molecule has 2 N–H and O–H groups in total. The van der Waals surface area contributed by atoms with E-state index in [9.17, 15) is 4.79 Å². The Hall–Kier alpha value is -0.770. The number of nitrogens with zero attached hydrogens (tertiary/aromatic N) is 1. The first-order valence-electron chi connectivity index (χ1n) is 7.65. The topological polar surface area (TPSA) is 55.6 Å². The largest absolute Gasteiger partial charge is 0.444 e. The minimum Gasteiger partial charge on any atom is -0.444 e. The molecule has 2 unspecified atom stereocenters. The van der Waals surface area contributed by atoms with Crippen LogP contribution >= 0.6 is 0 Å². The molecule has 2 aliphatic carbocycles. The Bertz CT molecular complexity index is 321. The lowest BCUT2D eigenvalue weighted by atomic mass is 9.85. The highest BCUT2D eigenvalue weighted by atomic mass is 16.6. The van der Waals surface area contributed by atoms with E-state index in [2.05, 4.69) is 0 Å². The highest BCUT2D eigenvalue weighted by molar-refractivity contribution is 5.69. The summed E-state index contributed by atoms with van der Waals surface area (Å²) in [6, 6.07) is 0.639. The maximum Gasteiger partial charge on any atom is 0.410 e. The van der Waals surface area contributed by atoms with Gasteiger partial charge in [0.1, 0.15) is 5.60 Å². The third-order valence-corrected chi connectivity index (χ3v) is 4.21. The zero-order valence-electron chi connectivity index (χ0n) is 12.5. The van der Waals surface area contributed by atoms with Crippen molar-refractivity contribution in [2.24, 2.45) is 5.73 Å². The molecule has 0 saturated heterocycles. The van der Waals surface area contributed by atoms with Gasteiger partial charge in [-0.05, 0) is 52.9 Å². The molecule has 0 radical (unpaired) electrons. The van der Waals surface area contributed by atoms with Crippen LogP contribution in [0.2, 0.25) is 0 Å². The molecule has 0 aliphatic heterocycles. The van der Waals surface area contributed by atoms with Crippen molar-refractivity contribution in [3.63, 3.8) is 0 Å². The maximum atomic E-state index is 12.5. The average molecular weight is 268 g/mol. The molecular formula is C15H28N2O2. The van der Waals surface area contributed by atoms with Crippen LogP contribution in [0.4, 0.5) is 4.79 Å². The summed E-state index contributed by atoms with van der Waals surface area (Å²) in [6.07, 6.45) is 7.65. The number of nitrogens with two attached hydrogens (primary N) is 1. The van der Waals surface area contributed by atoms with Crippen molar-refractivity contribution in [2.45, 2.75) is 89.4 Å². The molecule has 4 nitrogen and oxygen atoms in total.